The van der Waals surface area contributed by atoms with Gasteiger partial charge in [-0.1, -0.05) is 24.3 Å². The highest BCUT2D eigenvalue weighted by atomic mass is 16.5. The first-order valence-electron chi connectivity index (χ1n) is 8.32. The Morgan fingerprint density at radius 2 is 1.76 bits per heavy atom. The summed E-state index contributed by atoms with van der Waals surface area (Å²) in [6.45, 7) is 0. The van der Waals surface area contributed by atoms with Crippen molar-refractivity contribution in [2.45, 2.75) is 18.9 Å². The van der Waals surface area contributed by atoms with Crippen LogP contribution in [0.4, 0.5) is 0 Å². The largest absolute Gasteiger partial charge is 0.493 e. The molecule has 4 rings (SSSR count). The van der Waals surface area contributed by atoms with Crippen molar-refractivity contribution in [3.8, 4) is 22.8 Å². The molecule has 0 atom stereocenters. The minimum absolute atomic E-state index is 0.0699. The number of aromatic nitrogens is 2. The minimum atomic E-state index is -0.0699. The van der Waals surface area contributed by atoms with Gasteiger partial charge in [-0.2, -0.15) is 0 Å². The maximum Gasteiger partial charge on any atom is 0.266 e. The van der Waals surface area contributed by atoms with Gasteiger partial charge in [-0.05, 0) is 29.3 Å². The fraction of sp³-hybridized carbons (Fsp3) is 0.250. The van der Waals surface area contributed by atoms with Gasteiger partial charge in [0.15, 0.2) is 11.5 Å². The Hall–Kier alpha value is -2.95. The molecule has 25 heavy (non-hydrogen) atoms. The summed E-state index contributed by atoms with van der Waals surface area (Å²) in [5, 5.41) is 3.04. The van der Waals surface area contributed by atoms with Crippen LogP contribution in [0.25, 0.3) is 11.3 Å². The molecule has 0 radical (unpaired) electrons. The third-order valence-corrected chi connectivity index (χ3v) is 4.67. The lowest BCUT2D eigenvalue weighted by Crippen LogP contribution is -2.16. The normalized spacial score (nSPS) is 13.7. The van der Waals surface area contributed by atoms with Crippen molar-refractivity contribution in [2.24, 2.45) is 7.05 Å². The molecule has 128 valence electrons. The van der Waals surface area contributed by atoms with Crippen LogP contribution in [0.5, 0.6) is 11.5 Å². The van der Waals surface area contributed by atoms with Crippen LogP contribution in [0.2, 0.25) is 0 Å². The van der Waals surface area contributed by atoms with E-state index < -0.39 is 0 Å². The molecule has 0 bridgehead atoms. The first-order valence-corrected chi connectivity index (χ1v) is 8.32. The lowest BCUT2D eigenvalue weighted by molar-refractivity contribution is 0.204. The van der Waals surface area contributed by atoms with E-state index in [-0.39, 0.29) is 11.7 Å². The highest BCUT2D eigenvalue weighted by Crippen LogP contribution is 2.34. The molecule has 5 heteroatoms. The summed E-state index contributed by atoms with van der Waals surface area (Å²) < 4.78 is 13.2. The zero-order chi connectivity index (χ0) is 17.4. The van der Waals surface area contributed by atoms with Gasteiger partial charge in [0.25, 0.3) is 5.56 Å². The van der Waals surface area contributed by atoms with E-state index in [4.69, 9.17) is 9.47 Å². The lowest BCUT2D eigenvalue weighted by Gasteiger charge is -2.16. The summed E-state index contributed by atoms with van der Waals surface area (Å²) in [6.07, 6.45) is 1.88. The second-order valence-corrected chi connectivity index (χ2v) is 6.35. The highest BCUT2D eigenvalue weighted by Gasteiger charge is 2.23. The molecule has 5 nitrogen and oxygen atoms in total. The number of aryl methyl sites for hydroxylation is 1. The maximum atomic E-state index is 11.7. The topological polar surface area (TPSA) is 56.2 Å². The van der Waals surface area contributed by atoms with Gasteiger partial charge in [0, 0.05) is 31.5 Å². The molecule has 0 spiro atoms. The van der Waals surface area contributed by atoms with E-state index in [2.05, 4.69) is 29.4 Å². The minimum Gasteiger partial charge on any atom is -0.493 e. The van der Waals surface area contributed by atoms with Crippen molar-refractivity contribution in [1.29, 1.82) is 0 Å². The Bertz CT molecular complexity index is 946. The molecule has 1 aliphatic rings. The van der Waals surface area contributed by atoms with E-state index in [0.717, 1.165) is 24.1 Å². The van der Waals surface area contributed by atoms with Crippen LogP contribution >= 0.6 is 0 Å². The zero-order valence-electron chi connectivity index (χ0n) is 14.3. The van der Waals surface area contributed by atoms with Crippen LogP contribution in [-0.2, 0) is 19.9 Å². The van der Waals surface area contributed by atoms with E-state index in [0.29, 0.717) is 11.5 Å². The van der Waals surface area contributed by atoms with Gasteiger partial charge < -0.3 is 9.47 Å². The van der Waals surface area contributed by atoms with Crippen molar-refractivity contribution in [3.05, 3.63) is 70.0 Å². The van der Waals surface area contributed by atoms with Crippen molar-refractivity contribution in [3.63, 3.8) is 0 Å². The van der Waals surface area contributed by atoms with Crippen LogP contribution in [-0.4, -0.2) is 23.0 Å². The van der Waals surface area contributed by atoms with Crippen LogP contribution in [0.15, 0.2) is 53.3 Å². The molecule has 3 aromatic rings. The predicted octanol–water partition coefficient (Wildman–Crippen LogP) is 2.94. The number of H-pyrrole nitrogens is 1. The molecule has 0 fully saturated rings. The number of hydrogen-bond donors (Lipinski definition) is 1. The van der Waals surface area contributed by atoms with Crippen LogP contribution in [0, 0.1) is 0 Å². The first-order chi connectivity index (χ1) is 12.1. The van der Waals surface area contributed by atoms with Crippen molar-refractivity contribution < 1.29 is 9.47 Å². The molecule has 2 aromatic carbocycles. The van der Waals surface area contributed by atoms with Crippen LogP contribution in [0.1, 0.15) is 11.1 Å². The van der Waals surface area contributed by atoms with Gasteiger partial charge in [-0.3, -0.25) is 14.6 Å². The van der Waals surface area contributed by atoms with E-state index in [1.807, 2.05) is 18.2 Å². The highest BCUT2D eigenvalue weighted by molar-refractivity contribution is 5.63. The molecular weight excluding hydrogens is 316 g/mol. The van der Waals surface area contributed by atoms with E-state index >= 15 is 0 Å². The molecule has 0 saturated heterocycles. The average molecular weight is 336 g/mol. The molecule has 1 aromatic heterocycles. The molecular formula is C20H20N2O3. The third-order valence-electron chi connectivity index (χ3n) is 4.67. The summed E-state index contributed by atoms with van der Waals surface area (Å²) in [7, 11) is 3.33. The number of benzene rings is 2. The molecule has 0 amide bonds. The number of nitrogens with one attached hydrogen (secondary N) is 1. The predicted molar refractivity (Wildman–Crippen MR) is 96.3 cm³/mol. The quantitative estimate of drug-likeness (QED) is 0.797. The van der Waals surface area contributed by atoms with Gasteiger partial charge in [0.1, 0.15) is 6.10 Å². The monoisotopic (exact) mass is 336 g/mol. The number of fused-ring (bicyclic) bond motifs is 1. The number of rotatable bonds is 4. The molecule has 0 saturated carbocycles. The summed E-state index contributed by atoms with van der Waals surface area (Å²) >= 11 is 0. The molecule has 0 unspecified atom stereocenters. The van der Waals surface area contributed by atoms with E-state index in [9.17, 15) is 4.79 Å². The Kier molecular flexibility index (Phi) is 3.84. The van der Waals surface area contributed by atoms with Gasteiger partial charge in [0.05, 0.1) is 12.8 Å². The van der Waals surface area contributed by atoms with Crippen molar-refractivity contribution in [2.75, 3.05) is 7.11 Å². The molecule has 1 heterocycles. The summed E-state index contributed by atoms with van der Waals surface area (Å²) in [5.74, 6) is 1.39. The Morgan fingerprint density at radius 3 is 2.36 bits per heavy atom. The first kappa shape index (κ1) is 15.6. The fourth-order valence-corrected chi connectivity index (χ4v) is 3.35. The lowest BCUT2D eigenvalue weighted by atomic mass is 10.1. The average Bonchev–Trinajstić information content (AvgIpc) is 3.17. The summed E-state index contributed by atoms with van der Waals surface area (Å²) in [6, 6.07) is 15.7. The SMILES string of the molecule is COc1ccc(-c2cc(=O)n(C)[nH]2)cc1OC1Cc2ccccc2C1. The Balaban J connectivity index is 1.62. The van der Waals surface area contributed by atoms with Gasteiger partial charge >= 0.3 is 0 Å². The summed E-state index contributed by atoms with van der Waals surface area (Å²) in [5.41, 5.74) is 4.27. The molecule has 1 N–H and O–H groups in total. The van der Waals surface area contributed by atoms with Crippen LogP contribution < -0.4 is 15.0 Å². The number of methoxy groups -OCH3 is 1. The van der Waals surface area contributed by atoms with Crippen molar-refractivity contribution in [1.82, 2.24) is 9.78 Å². The second-order valence-electron chi connectivity index (χ2n) is 6.35. The Morgan fingerprint density at radius 1 is 1.04 bits per heavy atom. The third kappa shape index (κ3) is 2.93. The molecule has 1 aliphatic carbocycles. The smallest absolute Gasteiger partial charge is 0.266 e. The fourth-order valence-electron chi connectivity index (χ4n) is 3.35. The van der Waals surface area contributed by atoms with Gasteiger partial charge in [-0.25, -0.2) is 0 Å². The van der Waals surface area contributed by atoms with E-state index in [1.54, 1.807) is 20.2 Å². The number of hydrogen-bond acceptors (Lipinski definition) is 3. The second kappa shape index (κ2) is 6.16. The maximum absolute atomic E-state index is 11.7. The number of ether oxygens (including phenoxy) is 2. The van der Waals surface area contributed by atoms with Gasteiger partial charge in [0.2, 0.25) is 0 Å². The number of aromatic amines is 1. The van der Waals surface area contributed by atoms with Crippen LogP contribution in [0.3, 0.4) is 0 Å². The molecule has 0 aliphatic heterocycles. The van der Waals surface area contributed by atoms with E-state index in [1.165, 1.54) is 15.8 Å². The Labute approximate surface area is 145 Å². The summed E-state index contributed by atoms with van der Waals surface area (Å²) in [4.78, 5) is 11.7. The standard InChI is InChI=1S/C20H20N2O3/c1-22-20(23)12-17(21-22)15-7-8-18(24-2)19(11-15)25-16-9-13-5-3-4-6-14(13)10-16/h3-8,11-12,16,21H,9-10H2,1-2H3. The zero-order valence-corrected chi connectivity index (χ0v) is 14.3. The van der Waals surface area contributed by atoms with Gasteiger partial charge in [-0.15, -0.1) is 0 Å². The van der Waals surface area contributed by atoms with Crippen molar-refractivity contribution >= 4 is 0 Å². The number of nitrogens with zero attached hydrogens (tertiary/aromatic N) is 1.